The minimum Gasteiger partial charge on any atom is -0.508 e. The number of halogens is 1. The first kappa shape index (κ1) is 19.5. The van der Waals surface area contributed by atoms with Crippen molar-refractivity contribution in [1.82, 2.24) is 5.32 Å². The number of rotatable bonds is 5. The molecule has 2 N–H and O–H groups in total. The summed E-state index contributed by atoms with van der Waals surface area (Å²) < 4.78 is 19.3. The number of carbonyl (C=O) groups is 1. The molecule has 4 nitrogen and oxygen atoms in total. The van der Waals surface area contributed by atoms with Gasteiger partial charge < -0.3 is 15.2 Å². The van der Waals surface area contributed by atoms with Crippen molar-refractivity contribution in [3.8, 4) is 5.75 Å². The van der Waals surface area contributed by atoms with Crippen molar-refractivity contribution in [3.05, 3.63) is 114 Å². The van der Waals surface area contributed by atoms with Crippen molar-refractivity contribution >= 4 is 16.9 Å². The van der Waals surface area contributed by atoms with Crippen molar-refractivity contribution in [2.24, 2.45) is 0 Å². The number of nitrogens with one attached hydrogen (secondary N) is 1. The van der Waals surface area contributed by atoms with E-state index in [9.17, 15) is 14.3 Å². The highest BCUT2D eigenvalue weighted by Gasteiger charge is 2.23. The van der Waals surface area contributed by atoms with Gasteiger partial charge >= 0.3 is 6.09 Å². The highest BCUT2D eigenvalue weighted by atomic mass is 19.1. The lowest BCUT2D eigenvalue weighted by molar-refractivity contribution is 0.137. The van der Waals surface area contributed by atoms with Crippen LogP contribution in [-0.2, 0) is 11.3 Å². The first-order chi connectivity index (χ1) is 14.6. The molecule has 0 saturated heterocycles. The van der Waals surface area contributed by atoms with Gasteiger partial charge in [0.25, 0.3) is 0 Å². The van der Waals surface area contributed by atoms with Gasteiger partial charge in [-0.25, -0.2) is 9.18 Å². The molecule has 0 aliphatic heterocycles. The van der Waals surface area contributed by atoms with Crippen LogP contribution in [0.25, 0.3) is 10.8 Å². The Kier molecular flexibility index (Phi) is 5.61. The van der Waals surface area contributed by atoms with Crippen LogP contribution in [0.4, 0.5) is 9.18 Å². The van der Waals surface area contributed by atoms with Gasteiger partial charge in [-0.1, -0.05) is 72.8 Å². The third-order valence-corrected chi connectivity index (χ3v) is 4.89. The Balaban J connectivity index is 1.69. The molecule has 1 atom stereocenters. The number of phenols is 1. The molecule has 0 radical (unpaired) electrons. The molecule has 150 valence electrons. The monoisotopic (exact) mass is 401 g/mol. The van der Waals surface area contributed by atoms with Gasteiger partial charge in [0.15, 0.2) is 0 Å². The summed E-state index contributed by atoms with van der Waals surface area (Å²) in [4.78, 5) is 12.6. The fourth-order valence-corrected chi connectivity index (χ4v) is 3.48. The fourth-order valence-electron chi connectivity index (χ4n) is 3.48. The molecule has 0 spiro atoms. The Morgan fingerprint density at radius 3 is 2.50 bits per heavy atom. The zero-order chi connectivity index (χ0) is 20.9. The highest BCUT2D eigenvalue weighted by Crippen LogP contribution is 2.36. The summed E-state index contributed by atoms with van der Waals surface area (Å²) in [5, 5.41) is 15.1. The van der Waals surface area contributed by atoms with Crippen molar-refractivity contribution in [2.75, 3.05) is 0 Å². The average molecular weight is 401 g/mol. The van der Waals surface area contributed by atoms with Gasteiger partial charge in [0.1, 0.15) is 18.2 Å². The SMILES string of the molecule is O=C(NC(c1cccc(F)c1)c1c(O)ccc2ccccc12)OCc1ccccc1. The van der Waals surface area contributed by atoms with E-state index >= 15 is 0 Å². The molecule has 4 aromatic carbocycles. The van der Waals surface area contributed by atoms with Gasteiger partial charge in [0.2, 0.25) is 0 Å². The fraction of sp³-hybridized carbons (Fsp3) is 0.0800. The molecule has 0 aliphatic carbocycles. The lowest BCUT2D eigenvalue weighted by atomic mass is 9.93. The Hall–Kier alpha value is -3.86. The molecular weight excluding hydrogens is 381 g/mol. The molecule has 0 bridgehead atoms. The second-order valence-electron chi connectivity index (χ2n) is 6.91. The van der Waals surface area contributed by atoms with E-state index in [0.29, 0.717) is 11.1 Å². The topological polar surface area (TPSA) is 58.6 Å². The molecule has 0 saturated carbocycles. The number of carbonyl (C=O) groups excluding carboxylic acids is 1. The first-order valence-electron chi connectivity index (χ1n) is 9.55. The number of alkyl carbamates (subject to hydrolysis) is 1. The van der Waals surface area contributed by atoms with E-state index in [1.54, 1.807) is 24.3 Å². The number of phenolic OH excluding ortho intramolecular Hbond substituents is 1. The van der Waals surface area contributed by atoms with E-state index in [1.807, 2.05) is 54.6 Å². The lowest BCUT2D eigenvalue weighted by Crippen LogP contribution is -2.30. The van der Waals surface area contributed by atoms with E-state index in [-0.39, 0.29) is 12.4 Å². The molecule has 0 heterocycles. The van der Waals surface area contributed by atoms with Gasteiger partial charge in [-0.05, 0) is 40.1 Å². The number of amides is 1. The number of benzene rings is 4. The van der Waals surface area contributed by atoms with Crippen LogP contribution >= 0.6 is 0 Å². The van der Waals surface area contributed by atoms with Crippen LogP contribution in [0.5, 0.6) is 5.75 Å². The molecule has 4 rings (SSSR count). The Morgan fingerprint density at radius 1 is 0.933 bits per heavy atom. The molecule has 0 aliphatic rings. The van der Waals surface area contributed by atoms with Crippen molar-refractivity contribution in [3.63, 3.8) is 0 Å². The number of fused-ring (bicyclic) bond motifs is 1. The Morgan fingerprint density at radius 2 is 1.70 bits per heavy atom. The van der Waals surface area contributed by atoms with Crippen molar-refractivity contribution in [1.29, 1.82) is 0 Å². The highest BCUT2D eigenvalue weighted by molar-refractivity contribution is 5.89. The summed E-state index contributed by atoms with van der Waals surface area (Å²) >= 11 is 0. The summed E-state index contributed by atoms with van der Waals surface area (Å²) in [5.74, 6) is -0.428. The molecule has 0 aromatic heterocycles. The van der Waals surface area contributed by atoms with E-state index < -0.39 is 18.0 Å². The summed E-state index contributed by atoms with van der Waals surface area (Å²) in [6, 6.07) is 25.3. The van der Waals surface area contributed by atoms with Crippen LogP contribution in [0.2, 0.25) is 0 Å². The summed E-state index contributed by atoms with van der Waals surface area (Å²) in [6.07, 6.45) is -0.666. The predicted molar refractivity (Wildman–Crippen MR) is 114 cm³/mol. The smallest absolute Gasteiger partial charge is 0.408 e. The third kappa shape index (κ3) is 4.25. The van der Waals surface area contributed by atoms with Crippen molar-refractivity contribution in [2.45, 2.75) is 12.6 Å². The van der Waals surface area contributed by atoms with Crippen LogP contribution in [0.15, 0.2) is 91.0 Å². The van der Waals surface area contributed by atoms with E-state index in [0.717, 1.165) is 16.3 Å². The maximum atomic E-state index is 14.0. The predicted octanol–water partition coefficient (Wildman–Crippen LogP) is 5.70. The normalized spacial score (nSPS) is 11.8. The number of aromatic hydroxyl groups is 1. The zero-order valence-corrected chi connectivity index (χ0v) is 16.1. The third-order valence-electron chi connectivity index (χ3n) is 4.89. The van der Waals surface area contributed by atoms with Crippen LogP contribution in [0.1, 0.15) is 22.7 Å². The Labute approximate surface area is 173 Å². The summed E-state index contributed by atoms with van der Waals surface area (Å²) in [5.41, 5.74) is 1.83. The molecule has 0 fully saturated rings. The van der Waals surface area contributed by atoms with Crippen molar-refractivity contribution < 1.29 is 19.0 Å². The minimum absolute atomic E-state index is 0.00585. The second-order valence-corrected chi connectivity index (χ2v) is 6.91. The summed E-state index contributed by atoms with van der Waals surface area (Å²) in [7, 11) is 0. The van der Waals surface area contributed by atoms with Gasteiger partial charge in [0.05, 0.1) is 6.04 Å². The van der Waals surface area contributed by atoms with Gasteiger partial charge in [-0.2, -0.15) is 0 Å². The van der Waals surface area contributed by atoms with E-state index in [4.69, 9.17) is 4.74 Å². The van der Waals surface area contributed by atoms with E-state index in [1.165, 1.54) is 12.1 Å². The van der Waals surface area contributed by atoms with Crippen LogP contribution in [0, 0.1) is 5.82 Å². The van der Waals surface area contributed by atoms with Crippen LogP contribution in [-0.4, -0.2) is 11.2 Å². The lowest BCUT2D eigenvalue weighted by Gasteiger charge is -2.22. The van der Waals surface area contributed by atoms with Gasteiger partial charge in [-0.15, -0.1) is 0 Å². The average Bonchev–Trinajstić information content (AvgIpc) is 2.77. The maximum Gasteiger partial charge on any atom is 0.408 e. The zero-order valence-electron chi connectivity index (χ0n) is 16.1. The Bertz CT molecular complexity index is 1180. The number of hydrogen-bond donors (Lipinski definition) is 2. The number of hydrogen-bond acceptors (Lipinski definition) is 3. The van der Waals surface area contributed by atoms with E-state index in [2.05, 4.69) is 5.32 Å². The molecule has 5 heteroatoms. The first-order valence-corrected chi connectivity index (χ1v) is 9.55. The van der Waals surface area contributed by atoms with Gasteiger partial charge in [-0.3, -0.25) is 0 Å². The molecule has 1 unspecified atom stereocenters. The minimum atomic E-state index is -0.796. The second kappa shape index (κ2) is 8.66. The van der Waals surface area contributed by atoms with Crippen LogP contribution in [0.3, 0.4) is 0 Å². The molecule has 4 aromatic rings. The molecular formula is C25H20FNO3. The summed E-state index contributed by atoms with van der Waals surface area (Å²) in [6.45, 7) is 0.101. The van der Waals surface area contributed by atoms with Crippen LogP contribution < -0.4 is 5.32 Å². The molecule has 1 amide bonds. The quantitative estimate of drug-likeness (QED) is 0.451. The largest absolute Gasteiger partial charge is 0.508 e. The standard InChI is InChI=1S/C25H20FNO3/c26-20-11-6-10-19(15-20)24(27-25(29)30-16-17-7-2-1-3-8-17)23-21-12-5-4-9-18(21)13-14-22(23)28/h1-15,24,28H,16H2,(H,27,29). The molecule has 30 heavy (non-hydrogen) atoms. The van der Waals surface area contributed by atoms with Gasteiger partial charge in [0, 0.05) is 5.56 Å². The maximum absolute atomic E-state index is 14.0. The number of ether oxygens (including phenoxy) is 1.